The number of nitrogens with one attached hydrogen (secondary N) is 1. The van der Waals surface area contributed by atoms with Gasteiger partial charge in [-0.25, -0.2) is 9.37 Å². The molecule has 0 bridgehead atoms. The van der Waals surface area contributed by atoms with Crippen LogP contribution in [0.5, 0.6) is 0 Å². The Morgan fingerprint density at radius 2 is 1.93 bits per heavy atom. The lowest BCUT2D eigenvalue weighted by Gasteiger charge is -2.10. The fourth-order valence-corrected chi connectivity index (χ4v) is 4.02. The van der Waals surface area contributed by atoms with Gasteiger partial charge in [0.15, 0.2) is 10.9 Å². The molecule has 7 heteroatoms. The van der Waals surface area contributed by atoms with Crippen LogP contribution in [0.3, 0.4) is 0 Å². The molecule has 0 spiro atoms. The molecule has 0 unspecified atom stereocenters. The number of rotatable bonds is 4. The fourth-order valence-electron chi connectivity index (χ4n) is 3.16. The average molecular weight is 379 g/mol. The van der Waals surface area contributed by atoms with E-state index in [1.807, 2.05) is 24.3 Å². The first kappa shape index (κ1) is 16.1. The standard InChI is InChI=1S/C20H14FN3O2S/c21-13-6-2-1-5-12(13)15-11-17(24-26-15)20(9-10-20)18(25)23-19-22-14-7-3-4-8-16(14)27-19/h1-8,11H,9-10H2,(H,22,23,25). The van der Waals surface area contributed by atoms with E-state index in [-0.39, 0.29) is 11.7 Å². The van der Waals surface area contributed by atoms with Crippen LogP contribution in [0.1, 0.15) is 18.5 Å². The Labute approximate surface area is 157 Å². The minimum atomic E-state index is -0.731. The number of halogens is 1. The second kappa shape index (κ2) is 5.99. The highest BCUT2D eigenvalue weighted by Crippen LogP contribution is 2.49. The van der Waals surface area contributed by atoms with Gasteiger partial charge >= 0.3 is 0 Å². The summed E-state index contributed by atoms with van der Waals surface area (Å²) in [5.74, 6) is -0.221. The molecule has 2 aromatic carbocycles. The van der Waals surface area contributed by atoms with Crippen LogP contribution in [0.15, 0.2) is 59.1 Å². The summed E-state index contributed by atoms with van der Waals surface area (Å²) >= 11 is 1.43. The maximum absolute atomic E-state index is 14.0. The van der Waals surface area contributed by atoms with Crippen molar-refractivity contribution >= 4 is 32.6 Å². The van der Waals surface area contributed by atoms with Gasteiger partial charge in [-0.05, 0) is 37.1 Å². The highest BCUT2D eigenvalue weighted by molar-refractivity contribution is 7.22. The Hall–Kier alpha value is -3.06. The number of carbonyl (C=O) groups is 1. The molecule has 134 valence electrons. The molecule has 0 radical (unpaired) electrons. The molecule has 27 heavy (non-hydrogen) atoms. The fraction of sp³-hybridized carbons (Fsp3) is 0.150. The second-order valence-electron chi connectivity index (χ2n) is 6.58. The molecule has 0 saturated heterocycles. The van der Waals surface area contributed by atoms with Crippen LogP contribution in [0, 0.1) is 5.82 Å². The number of aromatic nitrogens is 2. The summed E-state index contributed by atoms with van der Waals surface area (Å²) in [5.41, 5.74) is 0.981. The monoisotopic (exact) mass is 379 g/mol. The first-order valence-electron chi connectivity index (χ1n) is 8.55. The number of carbonyl (C=O) groups excluding carboxylic acids is 1. The number of benzene rings is 2. The number of hydrogen-bond acceptors (Lipinski definition) is 5. The molecule has 1 saturated carbocycles. The molecule has 2 heterocycles. The smallest absolute Gasteiger partial charge is 0.238 e. The molecule has 1 amide bonds. The summed E-state index contributed by atoms with van der Waals surface area (Å²) in [5, 5.41) is 7.52. The van der Waals surface area contributed by atoms with Crippen LogP contribution in [-0.2, 0) is 10.2 Å². The normalized spacial score (nSPS) is 15.0. The molecule has 1 aliphatic rings. The van der Waals surface area contributed by atoms with Gasteiger partial charge in [0.25, 0.3) is 0 Å². The number of thiazole rings is 1. The molecule has 0 atom stereocenters. The van der Waals surface area contributed by atoms with Gasteiger partial charge in [0.1, 0.15) is 5.82 Å². The summed E-state index contributed by atoms with van der Waals surface area (Å²) in [6.07, 6.45) is 1.35. The van der Waals surface area contributed by atoms with Crippen molar-refractivity contribution in [3.8, 4) is 11.3 Å². The molecule has 1 aliphatic carbocycles. The summed E-state index contributed by atoms with van der Waals surface area (Å²) in [7, 11) is 0. The molecule has 0 aliphatic heterocycles. The number of hydrogen-bond donors (Lipinski definition) is 1. The number of amides is 1. The van der Waals surface area contributed by atoms with Gasteiger partial charge in [-0.2, -0.15) is 0 Å². The summed E-state index contributed by atoms with van der Waals surface area (Å²) in [4.78, 5) is 17.3. The number of nitrogens with zero attached hydrogens (tertiary/aromatic N) is 2. The third-order valence-corrected chi connectivity index (χ3v) is 5.79. The quantitative estimate of drug-likeness (QED) is 0.555. The molecular formula is C20H14FN3O2S. The van der Waals surface area contributed by atoms with Crippen LogP contribution in [-0.4, -0.2) is 16.0 Å². The Kier molecular flexibility index (Phi) is 3.58. The van der Waals surface area contributed by atoms with Gasteiger partial charge in [0.2, 0.25) is 5.91 Å². The van der Waals surface area contributed by atoms with Crippen LogP contribution in [0.4, 0.5) is 9.52 Å². The van der Waals surface area contributed by atoms with E-state index in [1.54, 1.807) is 24.3 Å². The molecule has 1 fully saturated rings. The van der Waals surface area contributed by atoms with Crippen LogP contribution >= 0.6 is 11.3 Å². The van der Waals surface area contributed by atoms with Crippen molar-refractivity contribution in [1.29, 1.82) is 0 Å². The lowest BCUT2D eigenvalue weighted by molar-refractivity contribution is -0.118. The van der Waals surface area contributed by atoms with Crippen molar-refractivity contribution in [1.82, 2.24) is 10.1 Å². The van der Waals surface area contributed by atoms with Crippen molar-refractivity contribution in [2.45, 2.75) is 18.3 Å². The third kappa shape index (κ3) is 2.71. The van der Waals surface area contributed by atoms with E-state index in [0.29, 0.717) is 35.0 Å². The highest BCUT2D eigenvalue weighted by atomic mass is 32.1. The van der Waals surface area contributed by atoms with Crippen molar-refractivity contribution in [2.24, 2.45) is 0 Å². The maximum atomic E-state index is 14.0. The van der Waals surface area contributed by atoms with E-state index in [0.717, 1.165) is 10.2 Å². The van der Waals surface area contributed by atoms with Gasteiger partial charge < -0.3 is 9.84 Å². The van der Waals surface area contributed by atoms with Gasteiger partial charge in [0, 0.05) is 6.07 Å². The molecular weight excluding hydrogens is 365 g/mol. The van der Waals surface area contributed by atoms with Gasteiger partial charge in [0.05, 0.1) is 26.9 Å². The molecule has 5 nitrogen and oxygen atoms in total. The topological polar surface area (TPSA) is 68.0 Å². The molecule has 5 rings (SSSR count). The van der Waals surface area contributed by atoms with Gasteiger partial charge in [-0.1, -0.05) is 40.8 Å². The predicted octanol–water partition coefficient (Wildman–Crippen LogP) is 4.76. The molecule has 4 aromatic rings. The Morgan fingerprint density at radius 3 is 2.70 bits per heavy atom. The first-order valence-corrected chi connectivity index (χ1v) is 9.36. The minimum Gasteiger partial charge on any atom is -0.356 e. The second-order valence-corrected chi connectivity index (χ2v) is 7.61. The minimum absolute atomic E-state index is 0.157. The largest absolute Gasteiger partial charge is 0.356 e. The van der Waals surface area contributed by atoms with Crippen molar-refractivity contribution in [3.63, 3.8) is 0 Å². The van der Waals surface area contributed by atoms with E-state index in [9.17, 15) is 9.18 Å². The van der Waals surface area contributed by atoms with E-state index in [4.69, 9.17) is 4.52 Å². The van der Waals surface area contributed by atoms with E-state index >= 15 is 0 Å². The zero-order valence-corrected chi connectivity index (χ0v) is 14.9. The van der Waals surface area contributed by atoms with E-state index in [1.165, 1.54) is 17.4 Å². The zero-order valence-electron chi connectivity index (χ0n) is 14.1. The first-order chi connectivity index (χ1) is 13.2. The molecule has 1 N–H and O–H groups in total. The number of para-hydroxylation sites is 1. The zero-order chi connectivity index (χ0) is 18.4. The number of anilines is 1. The summed E-state index contributed by atoms with van der Waals surface area (Å²) in [6, 6.07) is 15.7. The molecule has 2 aromatic heterocycles. The third-order valence-electron chi connectivity index (χ3n) is 4.84. The van der Waals surface area contributed by atoms with E-state index in [2.05, 4.69) is 15.5 Å². The summed E-state index contributed by atoms with van der Waals surface area (Å²) < 4.78 is 20.3. The summed E-state index contributed by atoms with van der Waals surface area (Å²) in [6.45, 7) is 0. The Balaban J connectivity index is 1.41. The average Bonchev–Trinajstić information content (AvgIpc) is 3.16. The van der Waals surface area contributed by atoms with Crippen molar-refractivity contribution in [3.05, 3.63) is 66.1 Å². The lowest BCUT2D eigenvalue weighted by Crippen LogP contribution is -2.28. The van der Waals surface area contributed by atoms with E-state index < -0.39 is 5.41 Å². The van der Waals surface area contributed by atoms with Crippen molar-refractivity contribution in [2.75, 3.05) is 5.32 Å². The van der Waals surface area contributed by atoms with Crippen LogP contribution in [0.2, 0.25) is 0 Å². The SMILES string of the molecule is O=C(Nc1nc2ccccc2s1)C1(c2cc(-c3ccccc3F)on2)CC1. The van der Waals surface area contributed by atoms with Gasteiger partial charge in [-0.3, -0.25) is 4.79 Å². The Morgan fingerprint density at radius 1 is 1.15 bits per heavy atom. The number of fused-ring (bicyclic) bond motifs is 1. The predicted molar refractivity (Wildman–Crippen MR) is 101 cm³/mol. The van der Waals surface area contributed by atoms with Crippen LogP contribution < -0.4 is 5.32 Å². The van der Waals surface area contributed by atoms with Crippen molar-refractivity contribution < 1.29 is 13.7 Å². The van der Waals surface area contributed by atoms with Gasteiger partial charge in [-0.15, -0.1) is 0 Å². The maximum Gasteiger partial charge on any atom is 0.238 e. The Bertz CT molecular complexity index is 1130. The lowest BCUT2D eigenvalue weighted by atomic mass is 10.0. The highest BCUT2D eigenvalue weighted by Gasteiger charge is 2.54. The van der Waals surface area contributed by atoms with Crippen LogP contribution in [0.25, 0.3) is 21.5 Å².